The Hall–Kier alpha value is -1.32. The van der Waals surface area contributed by atoms with Crippen LogP contribution in [-0.2, 0) is 10.0 Å². The van der Waals surface area contributed by atoms with Crippen LogP contribution in [-0.4, -0.2) is 59.9 Å². The molecule has 0 aromatic heterocycles. The van der Waals surface area contributed by atoms with Gasteiger partial charge in [-0.25, -0.2) is 13.1 Å². The highest BCUT2D eigenvalue weighted by Gasteiger charge is 2.23. The lowest BCUT2D eigenvalue weighted by Crippen LogP contribution is -2.46. The summed E-state index contributed by atoms with van der Waals surface area (Å²) in [5, 5.41) is 6.50. The molecule has 1 aliphatic rings. The fourth-order valence-corrected chi connectivity index (χ4v) is 3.31. The van der Waals surface area contributed by atoms with Crippen LogP contribution in [0.1, 0.15) is 6.42 Å². The van der Waals surface area contributed by atoms with E-state index in [9.17, 15) is 8.42 Å². The molecule has 134 valence electrons. The molecule has 1 unspecified atom stereocenters. The molecule has 1 aromatic carbocycles. The summed E-state index contributed by atoms with van der Waals surface area (Å²) in [6, 6.07) is 8.62. The van der Waals surface area contributed by atoms with E-state index < -0.39 is 10.0 Å². The fourth-order valence-electron chi connectivity index (χ4n) is 2.57. The predicted octanol–water partition coefficient (Wildman–Crippen LogP) is 0.742. The number of rotatable bonds is 6. The molecule has 9 heteroatoms. The molecule has 0 saturated carbocycles. The number of aliphatic imine (C=N–C) groups is 1. The highest BCUT2D eigenvalue weighted by atomic mass is 79.9. The highest BCUT2D eigenvalue weighted by Crippen LogP contribution is 2.22. The second kappa shape index (κ2) is 8.68. The van der Waals surface area contributed by atoms with E-state index in [4.69, 9.17) is 0 Å². The van der Waals surface area contributed by atoms with E-state index in [0.29, 0.717) is 25.1 Å². The molecule has 1 atom stereocenters. The van der Waals surface area contributed by atoms with Crippen molar-refractivity contribution in [2.75, 3.05) is 44.4 Å². The maximum absolute atomic E-state index is 11.0. The standard InChI is InChI=1S/C15H24BrN5O2S/c1-17-15(18-8-9-19-24(2,22)23)20-13-7-10-21(11-13)14-5-3-12(16)4-6-14/h3-6,13,19H,7-11H2,1-2H3,(H2,17,18,20). The molecular weight excluding hydrogens is 394 g/mol. The number of sulfonamides is 1. The summed E-state index contributed by atoms with van der Waals surface area (Å²) in [6.45, 7) is 2.71. The average molecular weight is 418 g/mol. The van der Waals surface area contributed by atoms with Crippen molar-refractivity contribution < 1.29 is 8.42 Å². The topological polar surface area (TPSA) is 85.8 Å². The van der Waals surface area contributed by atoms with Crippen molar-refractivity contribution >= 4 is 37.6 Å². The molecule has 1 saturated heterocycles. The third kappa shape index (κ3) is 6.29. The van der Waals surface area contributed by atoms with E-state index >= 15 is 0 Å². The van der Waals surface area contributed by atoms with Gasteiger partial charge in [0.15, 0.2) is 5.96 Å². The molecule has 0 radical (unpaired) electrons. The molecule has 1 heterocycles. The zero-order valence-corrected chi connectivity index (χ0v) is 16.3. The quantitative estimate of drug-likeness (QED) is 0.361. The SMILES string of the molecule is CN=C(NCCNS(C)(=O)=O)NC1CCN(c2ccc(Br)cc2)C1. The lowest BCUT2D eigenvalue weighted by atomic mass is 10.3. The van der Waals surface area contributed by atoms with E-state index in [0.717, 1.165) is 30.2 Å². The highest BCUT2D eigenvalue weighted by molar-refractivity contribution is 9.10. The Balaban J connectivity index is 1.77. The monoisotopic (exact) mass is 417 g/mol. The van der Waals surface area contributed by atoms with Crippen LogP contribution < -0.4 is 20.3 Å². The van der Waals surface area contributed by atoms with E-state index in [-0.39, 0.29) is 0 Å². The summed E-state index contributed by atoms with van der Waals surface area (Å²) in [7, 11) is -1.44. The number of hydrogen-bond acceptors (Lipinski definition) is 4. The summed E-state index contributed by atoms with van der Waals surface area (Å²) < 4.78 is 25.6. The van der Waals surface area contributed by atoms with Gasteiger partial charge in [0.05, 0.1) is 6.26 Å². The predicted molar refractivity (Wildman–Crippen MR) is 102 cm³/mol. The average Bonchev–Trinajstić information content (AvgIpc) is 2.98. The molecular formula is C15H24BrN5O2S. The Kier molecular flexibility index (Phi) is 6.88. The minimum absolute atomic E-state index is 0.308. The van der Waals surface area contributed by atoms with Gasteiger partial charge in [0, 0.05) is 49.4 Å². The molecule has 0 bridgehead atoms. The van der Waals surface area contributed by atoms with Crippen LogP contribution in [0.5, 0.6) is 0 Å². The first-order valence-corrected chi connectivity index (χ1v) is 10.5. The van der Waals surface area contributed by atoms with Crippen LogP contribution in [0.4, 0.5) is 5.69 Å². The van der Waals surface area contributed by atoms with Gasteiger partial charge in [0.25, 0.3) is 0 Å². The van der Waals surface area contributed by atoms with E-state index in [1.807, 2.05) is 12.1 Å². The maximum Gasteiger partial charge on any atom is 0.208 e. The number of benzene rings is 1. The normalized spacial score (nSPS) is 18.7. The van der Waals surface area contributed by atoms with Gasteiger partial charge in [-0.05, 0) is 30.7 Å². The molecule has 0 aliphatic carbocycles. The molecule has 1 aliphatic heterocycles. The van der Waals surface area contributed by atoms with E-state index in [2.05, 4.69) is 53.3 Å². The third-order valence-corrected chi connectivity index (χ3v) is 4.98. The van der Waals surface area contributed by atoms with Crippen LogP contribution in [0.3, 0.4) is 0 Å². The number of hydrogen-bond donors (Lipinski definition) is 3. The Morgan fingerprint density at radius 1 is 1.33 bits per heavy atom. The van der Waals surface area contributed by atoms with Crippen LogP contribution in [0, 0.1) is 0 Å². The van der Waals surface area contributed by atoms with Gasteiger partial charge in [-0.15, -0.1) is 0 Å². The summed E-state index contributed by atoms with van der Waals surface area (Å²) in [4.78, 5) is 6.52. The van der Waals surface area contributed by atoms with Gasteiger partial charge in [0.2, 0.25) is 10.0 Å². The van der Waals surface area contributed by atoms with Gasteiger partial charge in [-0.1, -0.05) is 15.9 Å². The van der Waals surface area contributed by atoms with Crippen molar-refractivity contribution in [1.82, 2.24) is 15.4 Å². The number of halogens is 1. The molecule has 0 amide bonds. The van der Waals surface area contributed by atoms with Crippen LogP contribution >= 0.6 is 15.9 Å². The number of anilines is 1. The van der Waals surface area contributed by atoms with Crippen LogP contribution in [0.25, 0.3) is 0 Å². The minimum atomic E-state index is -3.15. The van der Waals surface area contributed by atoms with Crippen molar-refractivity contribution in [2.24, 2.45) is 4.99 Å². The Morgan fingerprint density at radius 2 is 2.04 bits per heavy atom. The van der Waals surface area contributed by atoms with Gasteiger partial charge >= 0.3 is 0 Å². The number of nitrogens with zero attached hydrogens (tertiary/aromatic N) is 2. The third-order valence-electron chi connectivity index (χ3n) is 3.73. The molecule has 2 rings (SSSR count). The van der Waals surface area contributed by atoms with Gasteiger partial charge < -0.3 is 15.5 Å². The number of guanidine groups is 1. The van der Waals surface area contributed by atoms with Gasteiger partial charge in [-0.2, -0.15) is 0 Å². The van der Waals surface area contributed by atoms with Crippen molar-refractivity contribution in [2.45, 2.75) is 12.5 Å². The lowest BCUT2D eigenvalue weighted by molar-refractivity contribution is 0.585. The zero-order valence-electron chi connectivity index (χ0n) is 13.9. The molecule has 1 fully saturated rings. The van der Waals surface area contributed by atoms with Crippen molar-refractivity contribution in [1.29, 1.82) is 0 Å². The minimum Gasteiger partial charge on any atom is -0.369 e. The fraction of sp³-hybridized carbons (Fsp3) is 0.533. The Bertz CT molecular complexity index is 663. The van der Waals surface area contributed by atoms with E-state index in [1.54, 1.807) is 7.05 Å². The zero-order chi connectivity index (χ0) is 17.6. The molecule has 24 heavy (non-hydrogen) atoms. The van der Waals surface area contributed by atoms with Crippen molar-refractivity contribution in [3.05, 3.63) is 28.7 Å². The second-order valence-electron chi connectivity index (χ2n) is 5.72. The number of nitrogens with one attached hydrogen (secondary N) is 3. The first kappa shape index (κ1) is 19.0. The van der Waals surface area contributed by atoms with Crippen molar-refractivity contribution in [3.63, 3.8) is 0 Å². The Labute approximate surface area is 152 Å². The molecule has 3 N–H and O–H groups in total. The first-order valence-electron chi connectivity index (χ1n) is 7.80. The van der Waals surface area contributed by atoms with Gasteiger partial charge in [0.1, 0.15) is 0 Å². The first-order chi connectivity index (χ1) is 11.4. The van der Waals surface area contributed by atoms with Crippen LogP contribution in [0.2, 0.25) is 0 Å². The lowest BCUT2D eigenvalue weighted by Gasteiger charge is -2.20. The summed E-state index contributed by atoms with van der Waals surface area (Å²) >= 11 is 3.45. The smallest absolute Gasteiger partial charge is 0.208 e. The largest absolute Gasteiger partial charge is 0.369 e. The Morgan fingerprint density at radius 3 is 2.67 bits per heavy atom. The van der Waals surface area contributed by atoms with Crippen molar-refractivity contribution in [3.8, 4) is 0 Å². The summed E-state index contributed by atoms with van der Waals surface area (Å²) in [5.74, 6) is 0.688. The van der Waals surface area contributed by atoms with E-state index in [1.165, 1.54) is 5.69 Å². The summed E-state index contributed by atoms with van der Waals surface area (Å²) in [6.07, 6.45) is 2.17. The van der Waals surface area contributed by atoms with Crippen LogP contribution in [0.15, 0.2) is 33.7 Å². The molecule has 1 aromatic rings. The summed E-state index contributed by atoms with van der Waals surface area (Å²) in [5.41, 5.74) is 1.21. The van der Waals surface area contributed by atoms with Gasteiger partial charge in [-0.3, -0.25) is 4.99 Å². The second-order valence-corrected chi connectivity index (χ2v) is 8.47. The maximum atomic E-state index is 11.0. The molecule has 7 nitrogen and oxygen atoms in total. The molecule has 0 spiro atoms.